The monoisotopic (exact) mass is 339 g/mol. The molecule has 130 valence electrons. The van der Waals surface area contributed by atoms with E-state index in [4.69, 9.17) is 8.83 Å². The first kappa shape index (κ1) is 16.1. The highest BCUT2D eigenvalue weighted by Crippen LogP contribution is 2.36. The number of aliphatic hydroxyl groups excluding tert-OH is 1. The summed E-state index contributed by atoms with van der Waals surface area (Å²) in [6.07, 6.45) is 1.80. The Morgan fingerprint density at radius 1 is 1.20 bits per heavy atom. The minimum Gasteiger partial charge on any atom is -0.466 e. The summed E-state index contributed by atoms with van der Waals surface area (Å²) in [6, 6.07) is 10.1. The van der Waals surface area contributed by atoms with Gasteiger partial charge in [0.15, 0.2) is 0 Å². The Hall–Kier alpha value is -2.44. The van der Waals surface area contributed by atoms with Gasteiger partial charge in [-0.25, -0.2) is 0 Å². The van der Waals surface area contributed by atoms with Crippen LogP contribution in [0, 0.1) is 13.8 Å². The summed E-state index contributed by atoms with van der Waals surface area (Å²) in [5, 5.41) is 21.7. The predicted molar refractivity (Wildman–Crippen MR) is 91.8 cm³/mol. The van der Waals surface area contributed by atoms with Crippen molar-refractivity contribution in [1.82, 2.24) is 15.5 Å². The van der Waals surface area contributed by atoms with E-state index in [-0.39, 0.29) is 6.61 Å². The summed E-state index contributed by atoms with van der Waals surface area (Å²) in [4.78, 5) is 0. The van der Waals surface area contributed by atoms with Crippen molar-refractivity contribution < 1.29 is 13.9 Å². The Morgan fingerprint density at radius 3 is 2.80 bits per heavy atom. The lowest BCUT2D eigenvalue weighted by molar-refractivity contribution is 0.155. The summed E-state index contributed by atoms with van der Waals surface area (Å²) in [5.41, 5.74) is 2.80. The number of hydrogen-bond acceptors (Lipinski definition) is 6. The molecule has 0 aliphatic heterocycles. The molecule has 2 N–H and O–H groups in total. The van der Waals surface area contributed by atoms with E-state index in [1.54, 1.807) is 0 Å². The highest BCUT2D eigenvalue weighted by Gasteiger charge is 2.37. The van der Waals surface area contributed by atoms with Gasteiger partial charge in [0, 0.05) is 0 Å². The number of benzene rings is 1. The van der Waals surface area contributed by atoms with Gasteiger partial charge < -0.3 is 13.9 Å². The topological polar surface area (TPSA) is 84.3 Å². The van der Waals surface area contributed by atoms with Crippen molar-refractivity contribution in [3.63, 3.8) is 0 Å². The number of rotatable bonds is 5. The molecule has 2 heterocycles. The van der Waals surface area contributed by atoms with E-state index in [0.717, 1.165) is 35.5 Å². The number of hydrogen-bond donors (Lipinski definition) is 2. The Morgan fingerprint density at radius 2 is 2.04 bits per heavy atom. The molecule has 4 rings (SSSR count). The number of aliphatic hydroxyl groups is 1. The van der Waals surface area contributed by atoms with Gasteiger partial charge in [-0.3, -0.25) is 5.32 Å². The van der Waals surface area contributed by atoms with Crippen molar-refractivity contribution in [2.45, 2.75) is 38.8 Å². The van der Waals surface area contributed by atoms with Gasteiger partial charge >= 0.3 is 0 Å². The molecule has 0 radical (unpaired) electrons. The third kappa shape index (κ3) is 2.77. The van der Waals surface area contributed by atoms with Gasteiger partial charge in [-0.2, -0.15) is 0 Å². The van der Waals surface area contributed by atoms with Crippen molar-refractivity contribution in [2.75, 3.05) is 6.61 Å². The summed E-state index contributed by atoms with van der Waals surface area (Å²) in [6.45, 7) is 4.20. The van der Waals surface area contributed by atoms with Crippen molar-refractivity contribution in [2.24, 2.45) is 0 Å². The zero-order valence-corrected chi connectivity index (χ0v) is 14.4. The maximum absolute atomic E-state index is 10.0. The number of nitrogens with one attached hydrogen (secondary N) is 1. The largest absolute Gasteiger partial charge is 0.466 e. The molecule has 1 aliphatic rings. The van der Waals surface area contributed by atoms with Crippen LogP contribution in [0.3, 0.4) is 0 Å². The molecular formula is C19H21N3O3. The smallest absolute Gasteiger partial charge is 0.251 e. The highest BCUT2D eigenvalue weighted by atomic mass is 16.4. The number of furan rings is 1. The van der Waals surface area contributed by atoms with Crippen LogP contribution in [0.1, 0.15) is 35.0 Å². The second-order valence-corrected chi connectivity index (χ2v) is 6.58. The molecule has 1 atom stereocenters. The summed E-state index contributed by atoms with van der Waals surface area (Å²) in [7, 11) is 0. The molecule has 6 nitrogen and oxygen atoms in total. The fourth-order valence-corrected chi connectivity index (χ4v) is 3.61. The molecule has 1 unspecified atom stereocenters. The van der Waals surface area contributed by atoms with Crippen LogP contribution in [-0.2, 0) is 18.5 Å². The summed E-state index contributed by atoms with van der Waals surface area (Å²) < 4.78 is 11.3. The average Bonchev–Trinajstić information content (AvgIpc) is 3.31. The molecule has 25 heavy (non-hydrogen) atoms. The van der Waals surface area contributed by atoms with Crippen LogP contribution in [0.15, 0.2) is 39.2 Å². The van der Waals surface area contributed by atoms with E-state index in [1.165, 1.54) is 5.56 Å². The SMILES string of the molecule is Cc1cc(-c2nnc(CNC3(CO)CCc4ccccc43)o2)c(C)o1. The Balaban J connectivity index is 1.53. The van der Waals surface area contributed by atoms with Gasteiger partial charge in [0.05, 0.1) is 24.3 Å². The lowest BCUT2D eigenvalue weighted by atomic mass is 9.92. The van der Waals surface area contributed by atoms with Crippen molar-refractivity contribution in [3.05, 3.63) is 58.9 Å². The van der Waals surface area contributed by atoms with Crippen LogP contribution in [0.4, 0.5) is 0 Å². The Kier molecular flexibility index (Phi) is 3.94. The number of aryl methyl sites for hydroxylation is 3. The fourth-order valence-electron chi connectivity index (χ4n) is 3.61. The van der Waals surface area contributed by atoms with Gasteiger partial charge in [-0.15, -0.1) is 10.2 Å². The molecule has 0 spiro atoms. The Bertz CT molecular complexity index is 899. The molecule has 0 saturated heterocycles. The molecular weight excluding hydrogens is 318 g/mol. The standard InChI is InChI=1S/C19H21N3O3/c1-12-9-15(13(2)24-12)18-22-21-17(25-18)10-20-19(11-23)8-7-14-5-3-4-6-16(14)19/h3-6,9,20,23H,7-8,10-11H2,1-2H3. The quantitative estimate of drug-likeness (QED) is 0.743. The predicted octanol–water partition coefficient (Wildman–Crippen LogP) is 2.87. The van der Waals surface area contributed by atoms with Crippen molar-refractivity contribution in [1.29, 1.82) is 0 Å². The van der Waals surface area contributed by atoms with Gasteiger partial charge in [0.1, 0.15) is 11.5 Å². The number of fused-ring (bicyclic) bond motifs is 1. The number of aromatic nitrogens is 2. The fraction of sp³-hybridized carbons (Fsp3) is 0.368. The van der Waals surface area contributed by atoms with E-state index in [9.17, 15) is 5.11 Å². The number of nitrogens with zero attached hydrogens (tertiary/aromatic N) is 2. The molecule has 1 aliphatic carbocycles. The van der Waals surface area contributed by atoms with E-state index in [1.807, 2.05) is 32.0 Å². The average molecular weight is 339 g/mol. The van der Waals surface area contributed by atoms with Gasteiger partial charge in [0.25, 0.3) is 5.89 Å². The van der Waals surface area contributed by atoms with Crippen LogP contribution < -0.4 is 5.32 Å². The zero-order chi connectivity index (χ0) is 17.4. The van der Waals surface area contributed by atoms with Gasteiger partial charge in [0.2, 0.25) is 5.89 Å². The molecule has 3 aromatic rings. The minimum absolute atomic E-state index is 0.0328. The third-order valence-electron chi connectivity index (χ3n) is 4.94. The summed E-state index contributed by atoms with van der Waals surface area (Å²) in [5.74, 6) is 2.52. The maximum Gasteiger partial charge on any atom is 0.251 e. The molecule has 0 fully saturated rings. The lowest BCUT2D eigenvalue weighted by Crippen LogP contribution is -2.43. The van der Waals surface area contributed by atoms with E-state index < -0.39 is 5.54 Å². The van der Waals surface area contributed by atoms with E-state index in [2.05, 4.69) is 27.6 Å². The van der Waals surface area contributed by atoms with E-state index >= 15 is 0 Å². The maximum atomic E-state index is 10.0. The highest BCUT2D eigenvalue weighted by molar-refractivity contribution is 5.55. The molecule has 0 amide bonds. The van der Waals surface area contributed by atoms with Crippen LogP contribution in [0.25, 0.3) is 11.5 Å². The minimum atomic E-state index is -0.451. The first-order valence-electron chi connectivity index (χ1n) is 8.45. The van der Waals surface area contributed by atoms with Crippen molar-refractivity contribution >= 4 is 0 Å². The van der Waals surface area contributed by atoms with E-state index in [0.29, 0.717) is 18.3 Å². The first-order chi connectivity index (χ1) is 12.1. The van der Waals surface area contributed by atoms with Crippen molar-refractivity contribution in [3.8, 4) is 11.5 Å². The lowest BCUT2D eigenvalue weighted by Gasteiger charge is -2.29. The molecule has 0 bridgehead atoms. The van der Waals surface area contributed by atoms with Crippen LogP contribution in [0.5, 0.6) is 0 Å². The second-order valence-electron chi connectivity index (χ2n) is 6.58. The van der Waals surface area contributed by atoms with Crippen LogP contribution >= 0.6 is 0 Å². The molecule has 0 saturated carbocycles. The molecule has 6 heteroatoms. The summed E-state index contributed by atoms with van der Waals surface area (Å²) >= 11 is 0. The van der Waals surface area contributed by atoms with Crippen LogP contribution in [0.2, 0.25) is 0 Å². The van der Waals surface area contributed by atoms with Crippen LogP contribution in [-0.4, -0.2) is 21.9 Å². The molecule has 1 aromatic carbocycles. The first-order valence-corrected chi connectivity index (χ1v) is 8.45. The van der Waals surface area contributed by atoms with Gasteiger partial charge in [-0.05, 0) is 43.9 Å². The van der Waals surface area contributed by atoms with Gasteiger partial charge in [-0.1, -0.05) is 24.3 Å². The second kappa shape index (κ2) is 6.13. The Labute approximate surface area is 145 Å². The third-order valence-corrected chi connectivity index (χ3v) is 4.94. The zero-order valence-electron chi connectivity index (χ0n) is 14.4. The molecule has 2 aromatic heterocycles. The normalized spacial score (nSPS) is 19.3.